The molecule has 0 aliphatic carbocycles. The molecule has 0 aliphatic rings. The Morgan fingerprint density at radius 1 is 1.04 bits per heavy atom. The summed E-state index contributed by atoms with van der Waals surface area (Å²) in [6.45, 7) is 3.72. The van der Waals surface area contributed by atoms with Crippen molar-refractivity contribution in [2.75, 3.05) is 12.4 Å². The molecular weight excluding hydrogens is 330 g/mol. The van der Waals surface area contributed by atoms with Crippen molar-refractivity contribution >= 4 is 17.5 Å². The van der Waals surface area contributed by atoms with Crippen molar-refractivity contribution in [1.29, 1.82) is 0 Å². The monoisotopic (exact) mass is 353 g/mol. The van der Waals surface area contributed by atoms with Crippen molar-refractivity contribution in [3.05, 3.63) is 71.4 Å². The van der Waals surface area contributed by atoms with Gasteiger partial charge in [-0.2, -0.15) is 0 Å². The van der Waals surface area contributed by atoms with Gasteiger partial charge in [0.1, 0.15) is 5.75 Å². The Morgan fingerprint density at radius 2 is 1.73 bits per heavy atom. The lowest BCUT2D eigenvalue weighted by Gasteiger charge is -2.10. The second kappa shape index (κ2) is 9.27. The van der Waals surface area contributed by atoms with Crippen LogP contribution in [-0.2, 0) is 11.2 Å². The number of methoxy groups -OCH3 is 1. The number of hydrogen-bond donors (Lipinski definition) is 3. The summed E-state index contributed by atoms with van der Waals surface area (Å²) in [5.74, 6) is 0.0985. The molecule has 26 heavy (non-hydrogen) atoms. The SMILES string of the molecule is CCc1ccccc1NC(=O)C=C(C)NNC(=O)c1ccc(OC)cc1. The Kier molecular flexibility index (Phi) is 6.79. The number of para-hydroxylation sites is 1. The molecule has 0 aromatic heterocycles. The predicted octanol–water partition coefficient (Wildman–Crippen LogP) is 3.03. The molecule has 0 atom stereocenters. The van der Waals surface area contributed by atoms with E-state index in [-0.39, 0.29) is 11.8 Å². The van der Waals surface area contributed by atoms with Gasteiger partial charge in [0.25, 0.3) is 5.91 Å². The fourth-order valence-electron chi connectivity index (χ4n) is 2.32. The average molecular weight is 353 g/mol. The number of aryl methyl sites for hydroxylation is 1. The van der Waals surface area contributed by atoms with Crippen LogP contribution in [0.5, 0.6) is 5.75 Å². The van der Waals surface area contributed by atoms with Crippen molar-refractivity contribution in [2.24, 2.45) is 0 Å². The minimum atomic E-state index is -0.308. The predicted molar refractivity (Wildman–Crippen MR) is 102 cm³/mol. The molecule has 2 rings (SSSR count). The summed E-state index contributed by atoms with van der Waals surface area (Å²) < 4.78 is 5.06. The number of carbonyl (C=O) groups excluding carboxylic acids is 2. The number of anilines is 1. The molecule has 3 N–H and O–H groups in total. The summed E-state index contributed by atoms with van der Waals surface area (Å²) in [5, 5.41) is 2.84. The van der Waals surface area contributed by atoms with Crippen LogP contribution in [-0.4, -0.2) is 18.9 Å². The van der Waals surface area contributed by atoms with E-state index in [1.165, 1.54) is 6.08 Å². The highest BCUT2D eigenvalue weighted by atomic mass is 16.5. The Morgan fingerprint density at radius 3 is 2.38 bits per heavy atom. The van der Waals surface area contributed by atoms with E-state index in [1.54, 1.807) is 38.3 Å². The van der Waals surface area contributed by atoms with Gasteiger partial charge in [-0.3, -0.25) is 15.0 Å². The summed E-state index contributed by atoms with van der Waals surface area (Å²) >= 11 is 0. The number of nitrogens with one attached hydrogen (secondary N) is 3. The van der Waals surface area contributed by atoms with Gasteiger partial charge in [0.15, 0.2) is 0 Å². The Balaban J connectivity index is 1.90. The molecule has 0 heterocycles. The number of allylic oxidation sites excluding steroid dienone is 1. The van der Waals surface area contributed by atoms with Crippen LogP contribution in [0.4, 0.5) is 5.69 Å². The Bertz CT molecular complexity index is 798. The first-order chi connectivity index (χ1) is 12.5. The molecule has 0 radical (unpaired) electrons. The van der Waals surface area contributed by atoms with Gasteiger partial charge in [-0.25, -0.2) is 0 Å². The molecule has 6 nitrogen and oxygen atoms in total. The minimum absolute atomic E-state index is 0.269. The summed E-state index contributed by atoms with van der Waals surface area (Å²) in [4.78, 5) is 24.2. The quantitative estimate of drug-likeness (QED) is 0.528. The second-order valence-corrected chi connectivity index (χ2v) is 5.63. The molecule has 6 heteroatoms. The third-order valence-corrected chi connectivity index (χ3v) is 3.73. The lowest BCUT2D eigenvalue weighted by molar-refractivity contribution is -0.112. The van der Waals surface area contributed by atoms with Crippen LogP contribution in [0.1, 0.15) is 29.8 Å². The molecule has 2 amide bonds. The number of hydrogen-bond acceptors (Lipinski definition) is 4. The van der Waals surface area contributed by atoms with Crippen LogP contribution < -0.4 is 20.9 Å². The van der Waals surface area contributed by atoms with E-state index in [1.807, 2.05) is 31.2 Å². The molecule has 0 aliphatic heterocycles. The van der Waals surface area contributed by atoms with E-state index >= 15 is 0 Å². The third-order valence-electron chi connectivity index (χ3n) is 3.73. The number of hydrazine groups is 1. The molecule has 0 saturated carbocycles. The second-order valence-electron chi connectivity index (χ2n) is 5.63. The van der Waals surface area contributed by atoms with Gasteiger partial charge < -0.3 is 15.5 Å². The number of ether oxygens (including phenoxy) is 1. The smallest absolute Gasteiger partial charge is 0.269 e. The summed E-state index contributed by atoms with van der Waals surface area (Å²) in [6.07, 6.45) is 2.22. The van der Waals surface area contributed by atoms with Gasteiger partial charge in [-0.1, -0.05) is 25.1 Å². The normalized spacial score (nSPS) is 10.8. The Hall–Kier alpha value is -3.28. The van der Waals surface area contributed by atoms with E-state index in [0.717, 1.165) is 17.7 Å². The van der Waals surface area contributed by atoms with Crippen LogP contribution >= 0.6 is 0 Å². The van der Waals surface area contributed by atoms with E-state index < -0.39 is 0 Å². The van der Waals surface area contributed by atoms with E-state index in [2.05, 4.69) is 16.2 Å². The largest absolute Gasteiger partial charge is 0.497 e. The van der Waals surface area contributed by atoms with Gasteiger partial charge in [-0.05, 0) is 49.2 Å². The summed E-state index contributed by atoms with van der Waals surface area (Å²) in [6, 6.07) is 14.4. The van der Waals surface area contributed by atoms with E-state index in [4.69, 9.17) is 4.74 Å². The fraction of sp³-hybridized carbons (Fsp3) is 0.200. The molecule has 0 spiro atoms. The first-order valence-corrected chi connectivity index (χ1v) is 8.31. The van der Waals surface area contributed by atoms with Gasteiger partial charge in [0.05, 0.1) is 7.11 Å². The van der Waals surface area contributed by atoms with Crippen molar-refractivity contribution in [1.82, 2.24) is 10.9 Å². The summed E-state index contributed by atoms with van der Waals surface area (Å²) in [5.41, 5.74) is 8.11. The average Bonchev–Trinajstić information content (AvgIpc) is 2.66. The standard InChI is InChI=1S/C20H23N3O3/c1-4-15-7-5-6-8-18(15)21-19(24)13-14(2)22-23-20(25)16-9-11-17(26-3)12-10-16/h5-13,22H,4H2,1-3H3,(H,21,24)(H,23,25). The first kappa shape index (κ1) is 19.1. The molecule has 0 saturated heterocycles. The first-order valence-electron chi connectivity index (χ1n) is 8.31. The number of rotatable bonds is 7. The zero-order valence-electron chi connectivity index (χ0n) is 15.1. The van der Waals surface area contributed by atoms with Gasteiger partial charge in [0.2, 0.25) is 5.91 Å². The number of amides is 2. The molecule has 2 aromatic carbocycles. The van der Waals surface area contributed by atoms with Crippen molar-refractivity contribution in [2.45, 2.75) is 20.3 Å². The Labute approximate surface area is 153 Å². The summed E-state index contributed by atoms with van der Waals surface area (Å²) in [7, 11) is 1.56. The van der Waals surface area contributed by atoms with Crippen molar-refractivity contribution in [3.63, 3.8) is 0 Å². The van der Waals surface area contributed by atoms with Crippen LogP contribution in [0, 0.1) is 0 Å². The maximum atomic E-state index is 12.1. The molecule has 136 valence electrons. The van der Waals surface area contributed by atoms with Crippen molar-refractivity contribution < 1.29 is 14.3 Å². The van der Waals surface area contributed by atoms with Gasteiger partial charge >= 0.3 is 0 Å². The topological polar surface area (TPSA) is 79.5 Å². The van der Waals surface area contributed by atoms with E-state index in [9.17, 15) is 9.59 Å². The zero-order valence-corrected chi connectivity index (χ0v) is 15.1. The highest BCUT2D eigenvalue weighted by Crippen LogP contribution is 2.15. The number of carbonyl (C=O) groups is 2. The number of benzene rings is 2. The lowest BCUT2D eigenvalue weighted by Crippen LogP contribution is -2.36. The fourth-order valence-corrected chi connectivity index (χ4v) is 2.32. The molecule has 0 unspecified atom stereocenters. The van der Waals surface area contributed by atoms with Gasteiger partial charge in [0, 0.05) is 23.0 Å². The maximum Gasteiger partial charge on any atom is 0.269 e. The maximum absolute atomic E-state index is 12.1. The van der Waals surface area contributed by atoms with Crippen LogP contribution in [0.3, 0.4) is 0 Å². The molecule has 2 aromatic rings. The van der Waals surface area contributed by atoms with Crippen LogP contribution in [0.2, 0.25) is 0 Å². The van der Waals surface area contributed by atoms with Gasteiger partial charge in [-0.15, -0.1) is 0 Å². The lowest BCUT2D eigenvalue weighted by atomic mass is 10.1. The molecule has 0 fully saturated rings. The van der Waals surface area contributed by atoms with E-state index in [0.29, 0.717) is 17.0 Å². The minimum Gasteiger partial charge on any atom is -0.497 e. The third kappa shape index (κ3) is 5.37. The highest BCUT2D eigenvalue weighted by Gasteiger charge is 2.06. The van der Waals surface area contributed by atoms with Crippen LogP contribution in [0.25, 0.3) is 0 Å². The highest BCUT2D eigenvalue weighted by molar-refractivity contribution is 6.00. The molecule has 0 bridgehead atoms. The molecular formula is C20H23N3O3. The van der Waals surface area contributed by atoms with Crippen molar-refractivity contribution in [3.8, 4) is 5.75 Å². The van der Waals surface area contributed by atoms with Crippen LogP contribution in [0.15, 0.2) is 60.3 Å². The zero-order chi connectivity index (χ0) is 18.9.